The van der Waals surface area contributed by atoms with E-state index in [1.54, 1.807) is 17.0 Å². The maximum absolute atomic E-state index is 11.1. The van der Waals surface area contributed by atoms with Crippen LogP contribution < -0.4 is 10.0 Å². The lowest BCUT2D eigenvalue weighted by Gasteiger charge is -2.30. The molecule has 1 fully saturated rings. The minimum absolute atomic E-state index is 0.0350. The zero-order valence-electron chi connectivity index (χ0n) is 14.8. The molecular weight excluding hydrogens is 322 g/mol. The molecule has 26 heavy (non-hydrogen) atoms. The van der Waals surface area contributed by atoms with Crippen LogP contribution in [-0.2, 0) is 6.54 Å². The smallest absolute Gasteiger partial charge is 0.104 e. The molecule has 0 bridgehead atoms. The largest absolute Gasteiger partial charge is 0.872 e. The zero-order valence-corrected chi connectivity index (χ0v) is 14.8. The van der Waals surface area contributed by atoms with E-state index in [4.69, 9.17) is 0 Å². The minimum Gasteiger partial charge on any atom is -0.872 e. The highest BCUT2D eigenvalue weighted by Gasteiger charge is 2.19. The molecule has 0 spiro atoms. The molecule has 0 unspecified atom stereocenters. The maximum Gasteiger partial charge on any atom is 0.104 e. The number of nitrogens with one attached hydrogen (secondary N) is 1. The van der Waals surface area contributed by atoms with Crippen molar-refractivity contribution in [1.82, 2.24) is 5.01 Å². The highest BCUT2D eigenvalue weighted by Crippen LogP contribution is 2.17. The second-order valence-corrected chi connectivity index (χ2v) is 6.83. The molecular formula is C22H23N3O. The highest BCUT2D eigenvalue weighted by atomic mass is 16.3. The van der Waals surface area contributed by atoms with E-state index in [0.717, 1.165) is 38.3 Å². The van der Waals surface area contributed by atoms with Gasteiger partial charge < -0.3 is 10.0 Å². The Kier molecular flexibility index (Phi) is 4.84. The van der Waals surface area contributed by atoms with Gasteiger partial charge in [0, 0.05) is 5.56 Å². The van der Waals surface area contributed by atoms with Crippen LogP contribution in [0.1, 0.15) is 11.1 Å². The molecule has 3 aromatic carbocycles. The number of fused-ring (bicyclic) bond motifs is 1. The molecule has 0 amide bonds. The van der Waals surface area contributed by atoms with Gasteiger partial charge in [-0.25, -0.2) is 0 Å². The van der Waals surface area contributed by atoms with Crippen LogP contribution in [0, 0.1) is 0 Å². The number of hydrogen-bond donors (Lipinski definition) is 1. The van der Waals surface area contributed by atoms with Crippen LogP contribution >= 0.6 is 0 Å². The molecule has 0 aliphatic carbocycles. The lowest BCUT2D eigenvalue weighted by atomic mass is 10.0. The molecule has 0 atom stereocenters. The maximum atomic E-state index is 11.1. The molecule has 1 aliphatic rings. The number of quaternary nitrogens is 1. The van der Waals surface area contributed by atoms with E-state index in [2.05, 4.69) is 52.6 Å². The summed E-state index contributed by atoms with van der Waals surface area (Å²) < 4.78 is 0. The Morgan fingerprint density at radius 1 is 0.923 bits per heavy atom. The third-order valence-electron chi connectivity index (χ3n) is 5.02. The summed E-state index contributed by atoms with van der Waals surface area (Å²) in [6.07, 6.45) is 1.84. The lowest BCUT2D eigenvalue weighted by Crippen LogP contribution is -3.13. The average molecular weight is 345 g/mol. The van der Waals surface area contributed by atoms with E-state index < -0.39 is 0 Å². The summed E-state index contributed by atoms with van der Waals surface area (Å²) in [7, 11) is 0. The third-order valence-corrected chi connectivity index (χ3v) is 5.02. The number of hydrogen-bond acceptors (Lipinski definition) is 3. The molecule has 0 aromatic heterocycles. The average Bonchev–Trinajstić information content (AvgIpc) is 2.69. The first-order valence-electron chi connectivity index (χ1n) is 9.14. The van der Waals surface area contributed by atoms with Crippen LogP contribution in [0.2, 0.25) is 0 Å². The Morgan fingerprint density at radius 2 is 1.65 bits per heavy atom. The molecule has 0 radical (unpaired) electrons. The fourth-order valence-electron chi connectivity index (χ4n) is 3.52. The summed E-state index contributed by atoms with van der Waals surface area (Å²) in [4.78, 5) is 1.60. The van der Waals surface area contributed by atoms with Crippen molar-refractivity contribution in [2.45, 2.75) is 6.54 Å². The topological polar surface area (TPSA) is 43.1 Å². The van der Waals surface area contributed by atoms with Crippen molar-refractivity contribution >= 4 is 17.0 Å². The summed E-state index contributed by atoms with van der Waals surface area (Å²) in [6, 6.07) is 22.0. The van der Waals surface area contributed by atoms with Crippen molar-refractivity contribution in [3.8, 4) is 5.75 Å². The molecule has 0 saturated carbocycles. The first-order valence-corrected chi connectivity index (χ1v) is 9.14. The Balaban J connectivity index is 1.35. The molecule has 4 nitrogen and oxygen atoms in total. The van der Waals surface area contributed by atoms with Gasteiger partial charge in [-0.1, -0.05) is 66.7 Å². The van der Waals surface area contributed by atoms with Crippen LogP contribution in [-0.4, -0.2) is 37.4 Å². The van der Waals surface area contributed by atoms with E-state index in [0.29, 0.717) is 0 Å². The molecule has 1 N–H and O–H groups in total. The quantitative estimate of drug-likeness (QED) is 0.731. The Morgan fingerprint density at radius 3 is 2.46 bits per heavy atom. The first kappa shape index (κ1) is 16.6. The van der Waals surface area contributed by atoms with Gasteiger partial charge >= 0.3 is 0 Å². The van der Waals surface area contributed by atoms with E-state index in [1.807, 2.05) is 18.3 Å². The molecule has 1 aliphatic heterocycles. The van der Waals surface area contributed by atoms with Gasteiger partial charge in [-0.3, -0.25) is 5.01 Å². The van der Waals surface area contributed by atoms with E-state index in [-0.39, 0.29) is 5.75 Å². The Bertz CT molecular complexity index is 891. The summed E-state index contributed by atoms with van der Waals surface area (Å²) in [5.74, 6) is 0.0350. The summed E-state index contributed by atoms with van der Waals surface area (Å²) in [5, 5.41) is 20.5. The lowest BCUT2D eigenvalue weighted by molar-refractivity contribution is -0.918. The van der Waals surface area contributed by atoms with Crippen LogP contribution in [0.15, 0.2) is 71.8 Å². The van der Waals surface area contributed by atoms with Gasteiger partial charge in [-0.2, -0.15) is 5.10 Å². The summed E-state index contributed by atoms with van der Waals surface area (Å²) in [5.41, 5.74) is 2.39. The highest BCUT2D eigenvalue weighted by molar-refractivity contribution is 5.85. The molecule has 132 valence electrons. The van der Waals surface area contributed by atoms with Gasteiger partial charge in [0.2, 0.25) is 0 Å². The number of rotatable bonds is 4. The number of piperazine rings is 1. The van der Waals surface area contributed by atoms with Gasteiger partial charge in [-0.15, -0.1) is 5.75 Å². The summed E-state index contributed by atoms with van der Waals surface area (Å²) in [6.45, 7) is 5.14. The normalized spacial score (nSPS) is 15.8. The van der Waals surface area contributed by atoms with Gasteiger partial charge in [-0.05, 0) is 16.3 Å². The molecule has 3 aromatic rings. The van der Waals surface area contributed by atoms with Crippen molar-refractivity contribution in [3.05, 3.63) is 77.9 Å². The zero-order chi connectivity index (χ0) is 17.8. The van der Waals surface area contributed by atoms with Gasteiger partial charge in [0.05, 0.1) is 32.4 Å². The van der Waals surface area contributed by atoms with Crippen molar-refractivity contribution in [2.24, 2.45) is 5.10 Å². The van der Waals surface area contributed by atoms with Crippen molar-refractivity contribution in [3.63, 3.8) is 0 Å². The summed E-state index contributed by atoms with van der Waals surface area (Å²) >= 11 is 0. The number of benzene rings is 3. The minimum atomic E-state index is 0.0350. The predicted octanol–water partition coefficient (Wildman–Crippen LogP) is 1.65. The molecule has 1 saturated heterocycles. The standard InChI is InChI=1S/C22H23N3O/c26-21-10-8-18(9-11-21)16-23-25-14-12-24(13-15-25)17-20-6-3-5-19-4-1-2-7-22(19)20/h1-11,16,26H,12-15,17H2. The molecule has 4 heteroatoms. The van der Waals surface area contributed by atoms with Crippen molar-refractivity contribution < 1.29 is 10.0 Å². The first-order chi connectivity index (χ1) is 12.8. The molecule has 1 heterocycles. The predicted molar refractivity (Wildman–Crippen MR) is 103 cm³/mol. The second-order valence-electron chi connectivity index (χ2n) is 6.83. The van der Waals surface area contributed by atoms with Crippen LogP contribution in [0.3, 0.4) is 0 Å². The van der Waals surface area contributed by atoms with E-state index >= 15 is 0 Å². The van der Waals surface area contributed by atoms with Crippen LogP contribution in [0.4, 0.5) is 0 Å². The Labute approximate surface area is 154 Å². The number of nitrogens with zero attached hydrogens (tertiary/aromatic N) is 2. The second kappa shape index (κ2) is 7.58. The van der Waals surface area contributed by atoms with Crippen LogP contribution in [0.5, 0.6) is 5.75 Å². The van der Waals surface area contributed by atoms with Crippen molar-refractivity contribution in [2.75, 3.05) is 26.2 Å². The SMILES string of the molecule is [O-]c1ccc(C=NN2CC[NH+](Cc3cccc4ccccc34)CC2)cc1. The molecule has 4 rings (SSSR count). The fourth-order valence-corrected chi connectivity index (χ4v) is 3.52. The number of hydrazone groups is 1. The van der Waals surface area contributed by atoms with Crippen LogP contribution in [0.25, 0.3) is 10.8 Å². The monoisotopic (exact) mass is 345 g/mol. The fraction of sp³-hybridized carbons (Fsp3) is 0.227. The van der Waals surface area contributed by atoms with Gasteiger partial charge in [0.15, 0.2) is 0 Å². The van der Waals surface area contributed by atoms with Gasteiger partial charge in [0.1, 0.15) is 6.54 Å². The van der Waals surface area contributed by atoms with E-state index in [1.165, 1.54) is 16.3 Å². The van der Waals surface area contributed by atoms with Crippen molar-refractivity contribution in [1.29, 1.82) is 0 Å². The Hall–Kier alpha value is -2.85. The van der Waals surface area contributed by atoms with Gasteiger partial charge in [0.25, 0.3) is 0 Å². The third kappa shape index (κ3) is 3.86. The van der Waals surface area contributed by atoms with E-state index in [9.17, 15) is 5.11 Å².